The number of nitrogens with one attached hydrogen (secondary N) is 2. The van der Waals surface area contributed by atoms with E-state index in [1.807, 2.05) is 38.1 Å². The number of carbonyl (C=O) groups excluding carboxylic acids is 1. The molecule has 0 aromatic heterocycles. The van der Waals surface area contributed by atoms with Crippen LogP contribution in [-0.4, -0.2) is 28.0 Å². The Morgan fingerprint density at radius 1 is 1.00 bits per heavy atom. The summed E-state index contributed by atoms with van der Waals surface area (Å²) in [4.78, 5) is 13.1. The van der Waals surface area contributed by atoms with E-state index in [1.54, 1.807) is 30.3 Å². The molecule has 0 atom stereocenters. The molecule has 1 aliphatic carbocycles. The Kier molecular flexibility index (Phi) is 6.52. The van der Waals surface area contributed by atoms with Crippen LogP contribution < -0.4 is 19.5 Å². The first kappa shape index (κ1) is 23.6. The van der Waals surface area contributed by atoms with E-state index in [9.17, 15) is 13.2 Å². The number of benzene rings is 3. The van der Waals surface area contributed by atoms with Gasteiger partial charge in [-0.05, 0) is 74.7 Å². The number of sulfonamides is 1. The van der Waals surface area contributed by atoms with Gasteiger partial charge in [0.2, 0.25) is 5.91 Å². The Bertz CT molecular complexity index is 1300. The molecule has 1 fully saturated rings. The molecule has 8 heteroatoms. The molecule has 3 aromatic carbocycles. The fourth-order valence-corrected chi connectivity index (χ4v) is 5.18. The summed E-state index contributed by atoms with van der Waals surface area (Å²) in [5.41, 5.74) is 2.26. The van der Waals surface area contributed by atoms with Crippen molar-refractivity contribution in [2.45, 2.75) is 37.0 Å². The third kappa shape index (κ3) is 4.87. The van der Waals surface area contributed by atoms with E-state index >= 15 is 0 Å². The van der Waals surface area contributed by atoms with Crippen LogP contribution in [0.1, 0.15) is 30.9 Å². The zero-order valence-corrected chi connectivity index (χ0v) is 20.2. The minimum atomic E-state index is -3.98. The van der Waals surface area contributed by atoms with Crippen LogP contribution in [0, 0.1) is 6.92 Å². The van der Waals surface area contributed by atoms with Crippen LogP contribution in [0.25, 0.3) is 0 Å². The van der Waals surface area contributed by atoms with Gasteiger partial charge < -0.3 is 14.8 Å². The van der Waals surface area contributed by atoms with Crippen molar-refractivity contribution in [2.75, 3.05) is 23.8 Å². The second-order valence-corrected chi connectivity index (χ2v) is 9.99. The SMILES string of the molecule is CCOc1ccc(NS(=O)(=O)c2cc(NC(=O)C3(c4cccc(C)c4)CC3)ccc2OC)cc1. The van der Waals surface area contributed by atoms with E-state index in [0.29, 0.717) is 23.7 Å². The number of methoxy groups -OCH3 is 1. The molecule has 0 saturated heterocycles. The van der Waals surface area contributed by atoms with Gasteiger partial charge in [0.15, 0.2) is 0 Å². The minimum absolute atomic E-state index is 0.0675. The molecule has 0 aliphatic heterocycles. The molecular weight excluding hydrogens is 452 g/mol. The Balaban J connectivity index is 1.57. The molecule has 0 heterocycles. The number of anilines is 2. The molecule has 1 saturated carbocycles. The Morgan fingerprint density at radius 2 is 1.71 bits per heavy atom. The lowest BCUT2D eigenvalue weighted by atomic mass is 9.93. The number of amides is 1. The van der Waals surface area contributed by atoms with E-state index in [2.05, 4.69) is 10.0 Å². The highest BCUT2D eigenvalue weighted by Gasteiger charge is 2.51. The predicted molar refractivity (Wildman–Crippen MR) is 132 cm³/mol. The van der Waals surface area contributed by atoms with Crippen LogP contribution in [0.2, 0.25) is 0 Å². The van der Waals surface area contributed by atoms with Gasteiger partial charge in [0, 0.05) is 11.4 Å². The van der Waals surface area contributed by atoms with Gasteiger partial charge in [0.05, 0.1) is 19.1 Å². The number of hydrogen-bond donors (Lipinski definition) is 2. The normalized spacial score (nSPS) is 14.2. The Labute approximate surface area is 200 Å². The fraction of sp³-hybridized carbons (Fsp3) is 0.269. The summed E-state index contributed by atoms with van der Waals surface area (Å²) in [6.07, 6.45) is 1.51. The lowest BCUT2D eigenvalue weighted by Crippen LogP contribution is -2.28. The fourth-order valence-electron chi connectivity index (χ4n) is 3.93. The zero-order chi connectivity index (χ0) is 24.3. The van der Waals surface area contributed by atoms with Crippen molar-refractivity contribution in [1.29, 1.82) is 0 Å². The molecule has 178 valence electrons. The molecular formula is C26H28N2O5S. The summed E-state index contributed by atoms with van der Waals surface area (Å²) in [6.45, 7) is 4.39. The van der Waals surface area contributed by atoms with Gasteiger partial charge in [-0.3, -0.25) is 9.52 Å². The van der Waals surface area contributed by atoms with Crippen molar-refractivity contribution in [3.05, 3.63) is 77.9 Å². The molecule has 2 N–H and O–H groups in total. The topological polar surface area (TPSA) is 93.7 Å². The quantitative estimate of drug-likeness (QED) is 0.456. The lowest BCUT2D eigenvalue weighted by Gasteiger charge is -2.18. The summed E-state index contributed by atoms with van der Waals surface area (Å²) >= 11 is 0. The van der Waals surface area contributed by atoms with Crippen molar-refractivity contribution < 1.29 is 22.7 Å². The van der Waals surface area contributed by atoms with E-state index in [-0.39, 0.29) is 16.6 Å². The molecule has 3 aromatic rings. The van der Waals surface area contributed by atoms with Gasteiger partial charge in [-0.1, -0.05) is 29.8 Å². The number of carbonyl (C=O) groups is 1. The van der Waals surface area contributed by atoms with Crippen molar-refractivity contribution in [2.24, 2.45) is 0 Å². The van der Waals surface area contributed by atoms with E-state index < -0.39 is 15.4 Å². The van der Waals surface area contributed by atoms with Crippen molar-refractivity contribution >= 4 is 27.3 Å². The van der Waals surface area contributed by atoms with Gasteiger partial charge in [0.1, 0.15) is 16.4 Å². The average Bonchev–Trinajstić information content (AvgIpc) is 3.63. The van der Waals surface area contributed by atoms with E-state index in [4.69, 9.17) is 9.47 Å². The molecule has 34 heavy (non-hydrogen) atoms. The Morgan fingerprint density at radius 3 is 2.32 bits per heavy atom. The van der Waals surface area contributed by atoms with Crippen molar-refractivity contribution in [3.63, 3.8) is 0 Å². The maximum atomic E-state index is 13.2. The first-order valence-corrected chi connectivity index (χ1v) is 12.6. The van der Waals surface area contributed by atoms with Crippen LogP contribution in [0.3, 0.4) is 0 Å². The van der Waals surface area contributed by atoms with Gasteiger partial charge >= 0.3 is 0 Å². The third-order valence-corrected chi connectivity index (χ3v) is 7.29. The second-order valence-electron chi connectivity index (χ2n) is 8.33. The Hall–Kier alpha value is -3.52. The van der Waals surface area contributed by atoms with Crippen LogP contribution in [0.15, 0.2) is 71.6 Å². The van der Waals surface area contributed by atoms with Crippen LogP contribution in [0.4, 0.5) is 11.4 Å². The summed E-state index contributed by atoms with van der Waals surface area (Å²) in [5.74, 6) is 0.678. The molecule has 4 rings (SSSR count). The molecule has 0 bridgehead atoms. The molecule has 0 spiro atoms. The highest BCUT2D eigenvalue weighted by Crippen LogP contribution is 2.49. The molecule has 1 amide bonds. The van der Waals surface area contributed by atoms with Crippen molar-refractivity contribution in [3.8, 4) is 11.5 Å². The largest absolute Gasteiger partial charge is 0.495 e. The van der Waals surface area contributed by atoms with E-state index in [1.165, 1.54) is 19.2 Å². The molecule has 0 radical (unpaired) electrons. The first-order chi connectivity index (χ1) is 16.3. The van der Waals surface area contributed by atoms with Gasteiger partial charge in [-0.2, -0.15) is 0 Å². The smallest absolute Gasteiger partial charge is 0.265 e. The average molecular weight is 481 g/mol. The third-order valence-electron chi connectivity index (χ3n) is 5.88. The van der Waals surface area contributed by atoms with Crippen molar-refractivity contribution in [1.82, 2.24) is 0 Å². The zero-order valence-electron chi connectivity index (χ0n) is 19.4. The minimum Gasteiger partial charge on any atom is -0.495 e. The molecule has 7 nitrogen and oxygen atoms in total. The van der Waals surface area contributed by atoms with Gasteiger partial charge in [-0.15, -0.1) is 0 Å². The van der Waals surface area contributed by atoms with Gasteiger partial charge in [0.25, 0.3) is 10.0 Å². The number of rotatable bonds is 9. The predicted octanol–water partition coefficient (Wildman–Crippen LogP) is 4.87. The van der Waals surface area contributed by atoms with Crippen LogP contribution >= 0.6 is 0 Å². The number of ether oxygens (including phenoxy) is 2. The summed E-state index contributed by atoms with van der Waals surface area (Å²) in [5, 5.41) is 2.91. The maximum Gasteiger partial charge on any atom is 0.265 e. The highest BCUT2D eigenvalue weighted by atomic mass is 32.2. The summed E-state index contributed by atoms with van der Waals surface area (Å²) in [6, 6.07) is 19.1. The van der Waals surface area contributed by atoms with E-state index in [0.717, 1.165) is 24.0 Å². The van der Waals surface area contributed by atoms with Crippen LogP contribution in [0.5, 0.6) is 11.5 Å². The monoisotopic (exact) mass is 480 g/mol. The van der Waals surface area contributed by atoms with Gasteiger partial charge in [-0.25, -0.2) is 8.42 Å². The number of aryl methyl sites for hydroxylation is 1. The number of hydrogen-bond acceptors (Lipinski definition) is 5. The summed E-state index contributed by atoms with van der Waals surface area (Å²) < 4.78 is 39.6. The molecule has 0 unspecified atom stereocenters. The highest BCUT2D eigenvalue weighted by molar-refractivity contribution is 7.92. The van der Waals surface area contributed by atoms with Crippen LogP contribution in [-0.2, 0) is 20.2 Å². The first-order valence-electron chi connectivity index (χ1n) is 11.1. The standard InChI is InChI=1S/C26H28N2O5S/c1-4-33-22-11-8-20(9-12-22)28-34(30,31)24-17-21(10-13-23(24)32-3)27-25(29)26(14-15-26)19-7-5-6-18(2)16-19/h5-13,16-17,28H,4,14-15H2,1-3H3,(H,27,29). The lowest BCUT2D eigenvalue weighted by molar-refractivity contribution is -0.118. The second kappa shape index (κ2) is 9.38. The summed E-state index contributed by atoms with van der Waals surface area (Å²) in [7, 11) is -2.58. The maximum absolute atomic E-state index is 13.2. The molecule has 1 aliphatic rings.